The Bertz CT molecular complexity index is 1260. The van der Waals surface area contributed by atoms with Gasteiger partial charge in [0.2, 0.25) is 6.23 Å². The molecule has 0 radical (unpaired) electrons. The van der Waals surface area contributed by atoms with Crippen LogP contribution in [0.4, 0.5) is 16.2 Å². The predicted molar refractivity (Wildman–Crippen MR) is 144 cm³/mol. The van der Waals surface area contributed by atoms with Crippen molar-refractivity contribution in [3.05, 3.63) is 54.1 Å². The number of ether oxygens (including phenoxy) is 2. The zero-order valence-electron chi connectivity index (χ0n) is 22.5. The normalized spacial score (nSPS) is 17.1. The van der Waals surface area contributed by atoms with Gasteiger partial charge in [0.25, 0.3) is 23.1 Å². The van der Waals surface area contributed by atoms with Crippen molar-refractivity contribution in [3.8, 4) is 5.75 Å². The van der Waals surface area contributed by atoms with E-state index in [-0.39, 0.29) is 18.0 Å². The van der Waals surface area contributed by atoms with Gasteiger partial charge in [-0.2, -0.15) is 0 Å². The Kier molecular flexibility index (Phi) is 9.43. The topological polar surface area (TPSA) is 144 Å². The molecule has 39 heavy (non-hydrogen) atoms. The number of carbonyl (C=O) groups is 4. The Labute approximate surface area is 229 Å². The number of amides is 4. The van der Waals surface area contributed by atoms with Crippen LogP contribution in [0.25, 0.3) is 0 Å². The Hall–Kier alpha value is -3.81. The SMILES string of the molecule is COc1ccc(NS(=O)OC)cc1NC(=O)C(C(=O)C(C)(C)C)N1C(=O)C(OC)N(Cc2ccccc2)C1=O. The van der Waals surface area contributed by atoms with Gasteiger partial charge in [-0.25, -0.2) is 13.9 Å². The van der Waals surface area contributed by atoms with Gasteiger partial charge in [-0.05, 0) is 23.8 Å². The molecular formula is C26H32N4O8S. The molecule has 4 amide bonds. The summed E-state index contributed by atoms with van der Waals surface area (Å²) in [6.45, 7) is 4.78. The average molecular weight is 561 g/mol. The van der Waals surface area contributed by atoms with Gasteiger partial charge < -0.3 is 14.8 Å². The van der Waals surface area contributed by atoms with Crippen LogP contribution in [0.5, 0.6) is 5.75 Å². The lowest BCUT2D eigenvalue weighted by Gasteiger charge is -2.29. The molecule has 0 aliphatic carbocycles. The van der Waals surface area contributed by atoms with Crippen LogP contribution >= 0.6 is 0 Å². The van der Waals surface area contributed by atoms with Gasteiger partial charge in [0, 0.05) is 12.5 Å². The number of methoxy groups -OCH3 is 2. The Balaban J connectivity index is 2.00. The van der Waals surface area contributed by atoms with E-state index >= 15 is 0 Å². The van der Waals surface area contributed by atoms with Crippen LogP contribution in [-0.4, -0.2) is 71.2 Å². The van der Waals surface area contributed by atoms with E-state index < -0.39 is 52.6 Å². The van der Waals surface area contributed by atoms with E-state index in [1.807, 2.05) is 6.07 Å². The summed E-state index contributed by atoms with van der Waals surface area (Å²) in [4.78, 5) is 56.1. The number of Topliss-reactive ketones (excluding diaryl/α,β-unsaturated/α-hetero) is 1. The maximum absolute atomic E-state index is 13.7. The number of urea groups is 1. The molecule has 3 unspecified atom stereocenters. The molecular weight excluding hydrogens is 528 g/mol. The molecule has 0 bridgehead atoms. The Morgan fingerprint density at radius 2 is 1.72 bits per heavy atom. The molecule has 12 nitrogen and oxygen atoms in total. The number of hydrogen-bond acceptors (Lipinski definition) is 8. The molecule has 3 atom stereocenters. The van der Waals surface area contributed by atoms with Crippen molar-refractivity contribution in [2.45, 2.75) is 39.6 Å². The molecule has 0 saturated carbocycles. The highest BCUT2D eigenvalue weighted by Gasteiger charge is 2.54. The number of imide groups is 1. The molecule has 2 aromatic rings. The van der Waals surface area contributed by atoms with E-state index in [4.69, 9.17) is 13.7 Å². The van der Waals surface area contributed by atoms with E-state index in [0.717, 1.165) is 5.56 Å². The quantitative estimate of drug-likeness (QED) is 0.315. The smallest absolute Gasteiger partial charge is 0.330 e. The molecule has 13 heteroatoms. The van der Waals surface area contributed by atoms with E-state index in [9.17, 15) is 23.4 Å². The third-order valence-corrected chi connectivity index (χ3v) is 6.61. The van der Waals surface area contributed by atoms with Gasteiger partial charge in [0.15, 0.2) is 11.8 Å². The molecule has 2 N–H and O–H groups in total. The van der Waals surface area contributed by atoms with Crippen LogP contribution < -0.4 is 14.8 Å². The number of ketones is 1. The van der Waals surface area contributed by atoms with Crippen LogP contribution in [0, 0.1) is 5.41 Å². The first-order chi connectivity index (χ1) is 18.4. The summed E-state index contributed by atoms with van der Waals surface area (Å²) in [5.41, 5.74) is 0.0525. The van der Waals surface area contributed by atoms with Crippen molar-refractivity contribution < 1.29 is 37.0 Å². The number of nitrogens with zero attached hydrogens (tertiary/aromatic N) is 2. The molecule has 0 spiro atoms. The Morgan fingerprint density at radius 3 is 2.28 bits per heavy atom. The van der Waals surface area contributed by atoms with Crippen LogP contribution in [-0.2, 0) is 41.1 Å². The van der Waals surface area contributed by atoms with Crippen LogP contribution in [0.2, 0.25) is 0 Å². The van der Waals surface area contributed by atoms with Crippen molar-refractivity contribution in [1.29, 1.82) is 0 Å². The first kappa shape index (κ1) is 29.7. The van der Waals surface area contributed by atoms with Crippen LogP contribution in [0.3, 0.4) is 0 Å². The maximum Gasteiger partial charge on any atom is 0.330 e. The third-order valence-electron chi connectivity index (χ3n) is 5.91. The molecule has 1 heterocycles. The van der Waals surface area contributed by atoms with Crippen molar-refractivity contribution in [2.75, 3.05) is 31.4 Å². The standard InChI is InChI=1S/C26H32N4O8S/c1-26(2,3)21(31)20(22(32)27-18-14-17(28-39(35)38-6)12-13-19(18)36-4)30-23(33)24(37-5)29(25(30)34)15-16-10-8-7-9-11-16/h7-14,20,24,28H,15H2,1-6H3,(H,27,32). The second-order valence-corrected chi connectivity index (χ2v) is 10.6. The van der Waals surface area contributed by atoms with Crippen molar-refractivity contribution >= 4 is 46.3 Å². The second kappa shape index (κ2) is 12.4. The zero-order chi connectivity index (χ0) is 28.9. The van der Waals surface area contributed by atoms with E-state index in [1.54, 1.807) is 51.1 Å². The largest absolute Gasteiger partial charge is 0.495 e. The molecule has 1 fully saturated rings. The number of hydrogen-bond donors (Lipinski definition) is 2. The minimum absolute atomic E-state index is 0.0244. The maximum atomic E-state index is 13.7. The van der Waals surface area contributed by atoms with Crippen molar-refractivity contribution in [2.24, 2.45) is 5.41 Å². The molecule has 1 aliphatic rings. The van der Waals surface area contributed by atoms with Crippen LogP contribution in [0.1, 0.15) is 26.3 Å². The zero-order valence-corrected chi connectivity index (χ0v) is 23.4. The fourth-order valence-corrected chi connectivity index (χ4v) is 4.36. The van der Waals surface area contributed by atoms with Gasteiger partial charge in [0.1, 0.15) is 5.75 Å². The monoisotopic (exact) mass is 560 g/mol. The van der Waals surface area contributed by atoms with Gasteiger partial charge in [-0.1, -0.05) is 51.1 Å². The lowest BCUT2D eigenvalue weighted by molar-refractivity contribution is -0.148. The molecule has 1 aliphatic heterocycles. The lowest BCUT2D eigenvalue weighted by Crippen LogP contribution is -2.55. The number of anilines is 2. The summed E-state index contributed by atoms with van der Waals surface area (Å²) < 4.78 is 29.7. The third kappa shape index (κ3) is 6.61. The van der Waals surface area contributed by atoms with Gasteiger partial charge in [-0.3, -0.25) is 28.2 Å². The minimum Gasteiger partial charge on any atom is -0.495 e. The summed E-state index contributed by atoms with van der Waals surface area (Å²) in [7, 11) is 3.89. The lowest BCUT2D eigenvalue weighted by atomic mass is 9.85. The molecule has 2 aromatic carbocycles. The minimum atomic E-state index is -1.85. The molecule has 1 saturated heterocycles. The first-order valence-electron chi connectivity index (χ1n) is 11.9. The average Bonchev–Trinajstić information content (AvgIpc) is 3.12. The number of benzene rings is 2. The van der Waals surface area contributed by atoms with Crippen molar-refractivity contribution in [3.63, 3.8) is 0 Å². The van der Waals surface area contributed by atoms with Gasteiger partial charge >= 0.3 is 6.03 Å². The molecule has 3 rings (SSSR count). The fraction of sp³-hybridized carbons (Fsp3) is 0.385. The summed E-state index contributed by atoms with van der Waals surface area (Å²) >= 11 is -1.85. The van der Waals surface area contributed by atoms with Crippen molar-refractivity contribution in [1.82, 2.24) is 9.80 Å². The summed E-state index contributed by atoms with van der Waals surface area (Å²) in [5, 5.41) is 2.59. The van der Waals surface area contributed by atoms with E-state index in [2.05, 4.69) is 10.0 Å². The van der Waals surface area contributed by atoms with Gasteiger partial charge in [-0.15, -0.1) is 0 Å². The highest BCUT2D eigenvalue weighted by Crippen LogP contribution is 2.31. The summed E-state index contributed by atoms with van der Waals surface area (Å²) in [6, 6.07) is 10.8. The highest BCUT2D eigenvalue weighted by atomic mass is 32.2. The van der Waals surface area contributed by atoms with Gasteiger partial charge in [0.05, 0.1) is 32.1 Å². The number of rotatable bonds is 11. The van der Waals surface area contributed by atoms with Crippen LogP contribution in [0.15, 0.2) is 48.5 Å². The fourth-order valence-electron chi connectivity index (χ4n) is 3.95. The Morgan fingerprint density at radius 1 is 1.05 bits per heavy atom. The summed E-state index contributed by atoms with van der Waals surface area (Å²) in [6.07, 6.45) is -1.33. The summed E-state index contributed by atoms with van der Waals surface area (Å²) in [5.74, 6) is -2.21. The number of carbonyl (C=O) groups excluding carboxylic acids is 4. The number of nitrogens with one attached hydrogen (secondary N) is 2. The second-order valence-electron chi connectivity index (χ2n) is 9.62. The van der Waals surface area contributed by atoms with E-state index in [0.29, 0.717) is 10.6 Å². The predicted octanol–water partition coefficient (Wildman–Crippen LogP) is 2.69. The molecule has 0 aromatic heterocycles. The molecule has 210 valence electrons. The highest BCUT2D eigenvalue weighted by molar-refractivity contribution is 7.81. The van der Waals surface area contributed by atoms with E-state index in [1.165, 1.54) is 38.4 Å². The first-order valence-corrected chi connectivity index (χ1v) is 13.0.